The lowest BCUT2D eigenvalue weighted by atomic mass is 9.91. The molecular weight excluding hydrogens is 585 g/mol. The highest BCUT2D eigenvalue weighted by Crippen LogP contribution is 2.55. The van der Waals surface area contributed by atoms with Gasteiger partial charge in [0.25, 0.3) is 5.91 Å². The van der Waals surface area contributed by atoms with Crippen molar-refractivity contribution in [3.05, 3.63) is 57.3 Å². The Kier molecular flexibility index (Phi) is 7.05. The zero-order valence-corrected chi connectivity index (χ0v) is 19.1. The minimum atomic E-state index is -6.68. The highest BCUT2D eigenvalue weighted by atomic mass is 79.9. The van der Waals surface area contributed by atoms with Crippen LogP contribution in [-0.2, 0) is 11.8 Å². The number of benzene rings is 2. The standard InChI is InChI=1S/C21H14BrF11N2O/c22-13-7-10(18(24,20(28,29)30)21(31,32)33)6-12(19(25,26)27)16(13)35(8-9-4-5-9)17(36)11-2-1-3-14(34)15(11)23/h1-3,6-7,9H,4-5,8,34H2. The summed E-state index contributed by atoms with van der Waals surface area (Å²) in [6.07, 6.45) is -18.1. The van der Waals surface area contributed by atoms with Crippen LogP contribution in [-0.4, -0.2) is 24.8 Å². The fourth-order valence-electron chi connectivity index (χ4n) is 3.47. The summed E-state index contributed by atoms with van der Waals surface area (Å²) in [4.78, 5) is 13.5. The van der Waals surface area contributed by atoms with E-state index in [1.165, 1.54) is 0 Å². The summed E-state index contributed by atoms with van der Waals surface area (Å²) in [5, 5.41) is 0. The molecular formula is C21H14BrF11N2O. The smallest absolute Gasteiger partial charge is 0.396 e. The molecule has 0 unspecified atom stereocenters. The highest BCUT2D eigenvalue weighted by molar-refractivity contribution is 9.10. The molecule has 1 fully saturated rings. The molecule has 0 heterocycles. The van der Waals surface area contributed by atoms with Crippen LogP contribution in [0.15, 0.2) is 34.8 Å². The van der Waals surface area contributed by atoms with Crippen molar-refractivity contribution in [2.75, 3.05) is 17.2 Å². The van der Waals surface area contributed by atoms with Gasteiger partial charge in [0.2, 0.25) is 0 Å². The van der Waals surface area contributed by atoms with Crippen LogP contribution in [0.3, 0.4) is 0 Å². The second-order valence-electron chi connectivity index (χ2n) is 8.07. The third-order valence-electron chi connectivity index (χ3n) is 5.46. The first-order valence-corrected chi connectivity index (χ1v) is 10.7. The Hall–Kier alpha value is -2.58. The van der Waals surface area contributed by atoms with E-state index < -0.39 is 81.1 Å². The lowest BCUT2D eigenvalue weighted by molar-refractivity contribution is -0.348. The van der Waals surface area contributed by atoms with Gasteiger partial charge in [-0.1, -0.05) is 6.07 Å². The van der Waals surface area contributed by atoms with E-state index in [0.29, 0.717) is 17.7 Å². The zero-order valence-electron chi connectivity index (χ0n) is 17.6. The Bertz CT molecular complexity index is 1160. The molecule has 2 N–H and O–H groups in total. The molecule has 36 heavy (non-hydrogen) atoms. The van der Waals surface area contributed by atoms with Gasteiger partial charge in [0.05, 0.1) is 22.5 Å². The molecule has 3 nitrogen and oxygen atoms in total. The van der Waals surface area contributed by atoms with Gasteiger partial charge in [0.15, 0.2) is 5.82 Å². The summed E-state index contributed by atoms with van der Waals surface area (Å²) in [5.74, 6) is -3.05. The largest absolute Gasteiger partial charge is 0.435 e. The van der Waals surface area contributed by atoms with Crippen molar-refractivity contribution in [3.63, 3.8) is 0 Å². The summed E-state index contributed by atoms with van der Waals surface area (Å²) in [6, 6.07) is 2.29. The van der Waals surface area contributed by atoms with Crippen molar-refractivity contribution in [2.45, 2.75) is 37.0 Å². The molecule has 0 saturated heterocycles. The maximum Gasteiger partial charge on any atom is 0.435 e. The Balaban J connectivity index is 2.31. The number of halogens is 12. The number of amides is 1. The number of anilines is 2. The molecule has 0 bridgehead atoms. The average molecular weight is 599 g/mol. The minimum Gasteiger partial charge on any atom is -0.396 e. The average Bonchev–Trinajstić information content (AvgIpc) is 3.54. The van der Waals surface area contributed by atoms with Gasteiger partial charge in [-0.2, -0.15) is 39.5 Å². The van der Waals surface area contributed by atoms with E-state index in [2.05, 4.69) is 15.9 Å². The van der Waals surface area contributed by atoms with Crippen LogP contribution in [0, 0.1) is 11.7 Å². The van der Waals surface area contributed by atoms with Gasteiger partial charge >= 0.3 is 24.2 Å². The molecule has 15 heteroatoms. The van der Waals surface area contributed by atoms with Gasteiger partial charge < -0.3 is 10.6 Å². The Morgan fingerprint density at radius 1 is 0.972 bits per heavy atom. The summed E-state index contributed by atoms with van der Waals surface area (Å²) >= 11 is 2.49. The first-order valence-electron chi connectivity index (χ1n) is 9.90. The molecule has 1 aliphatic carbocycles. The molecule has 0 aromatic heterocycles. The molecule has 1 aliphatic rings. The Labute approximate surface area is 204 Å². The van der Waals surface area contributed by atoms with Crippen molar-refractivity contribution in [3.8, 4) is 0 Å². The zero-order chi connectivity index (χ0) is 27.4. The normalized spacial score (nSPS) is 15.2. The van der Waals surface area contributed by atoms with Crippen LogP contribution in [0.5, 0.6) is 0 Å². The maximum atomic E-state index is 14.6. The van der Waals surface area contributed by atoms with Crippen molar-refractivity contribution in [1.29, 1.82) is 0 Å². The molecule has 1 saturated carbocycles. The van der Waals surface area contributed by atoms with E-state index >= 15 is 0 Å². The molecule has 198 valence electrons. The lowest BCUT2D eigenvalue weighted by Gasteiger charge is -2.33. The quantitative estimate of drug-likeness (QED) is 0.285. The molecule has 0 aliphatic heterocycles. The predicted octanol–water partition coefficient (Wildman–Crippen LogP) is 7.54. The molecule has 2 aromatic carbocycles. The Morgan fingerprint density at radius 2 is 1.53 bits per heavy atom. The van der Waals surface area contributed by atoms with E-state index in [1.807, 2.05) is 0 Å². The van der Waals surface area contributed by atoms with Crippen LogP contribution < -0.4 is 10.6 Å². The van der Waals surface area contributed by atoms with E-state index in [4.69, 9.17) is 5.73 Å². The second-order valence-corrected chi connectivity index (χ2v) is 8.93. The van der Waals surface area contributed by atoms with E-state index in [-0.39, 0.29) is 12.0 Å². The molecule has 0 radical (unpaired) electrons. The first kappa shape index (κ1) is 28.0. The fraction of sp³-hybridized carbons (Fsp3) is 0.381. The van der Waals surface area contributed by atoms with Crippen LogP contribution in [0.4, 0.5) is 59.7 Å². The SMILES string of the molecule is Nc1cccc(C(=O)N(CC2CC2)c2c(Br)cc(C(F)(C(F)(F)F)C(F)(F)F)cc2C(F)(F)F)c1F. The molecule has 1 amide bonds. The summed E-state index contributed by atoms with van der Waals surface area (Å²) in [5.41, 5.74) is -7.85. The third kappa shape index (κ3) is 4.98. The number of hydrogen-bond donors (Lipinski definition) is 1. The summed E-state index contributed by atoms with van der Waals surface area (Å²) in [6.45, 7) is -0.479. The number of nitrogen functional groups attached to an aromatic ring is 1. The van der Waals surface area contributed by atoms with E-state index in [1.54, 1.807) is 0 Å². The number of rotatable bonds is 5. The van der Waals surface area contributed by atoms with E-state index in [9.17, 15) is 53.1 Å². The summed E-state index contributed by atoms with van der Waals surface area (Å²) < 4.78 is 149. The second kappa shape index (κ2) is 9.06. The molecule has 3 rings (SSSR count). The molecule has 2 aromatic rings. The monoisotopic (exact) mass is 598 g/mol. The predicted molar refractivity (Wildman–Crippen MR) is 109 cm³/mol. The maximum absolute atomic E-state index is 14.6. The number of carbonyl (C=O) groups is 1. The van der Waals surface area contributed by atoms with Gasteiger partial charge in [-0.05, 0) is 59.0 Å². The molecule has 0 spiro atoms. The topological polar surface area (TPSA) is 46.3 Å². The van der Waals surface area contributed by atoms with Crippen LogP contribution in [0.1, 0.15) is 34.3 Å². The minimum absolute atomic E-state index is 0.131. The number of carbonyl (C=O) groups excluding carboxylic acids is 1. The van der Waals surface area contributed by atoms with Crippen LogP contribution >= 0.6 is 15.9 Å². The van der Waals surface area contributed by atoms with Crippen LogP contribution in [0.25, 0.3) is 0 Å². The molecule has 0 atom stereocenters. The first-order chi connectivity index (χ1) is 16.3. The number of alkyl halides is 10. The van der Waals surface area contributed by atoms with Gasteiger partial charge in [-0.3, -0.25) is 4.79 Å². The lowest BCUT2D eigenvalue weighted by Crippen LogP contribution is -2.50. The number of nitrogens with two attached hydrogens (primary N) is 1. The van der Waals surface area contributed by atoms with Gasteiger partial charge in [-0.15, -0.1) is 0 Å². The van der Waals surface area contributed by atoms with Crippen molar-refractivity contribution < 1.29 is 53.1 Å². The van der Waals surface area contributed by atoms with Crippen molar-refractivity contribution in [1.82, 2.24) is 0 Å². The highest BCUT2D eigenvalue weighted by Gasteiger charge is 2.73. The fourth-order valence-corrected chi connectivity index (χ4v) is 4.15. The van der Waals surface area contributed by atoms with Crippen molar-refractivity contribution in [2.24, 2.45) is 5.92 Å². The van der Waals surface area contributed by atoms with Crippen LogP contribution in [0.2, 0.25) is 0 Å². The van der Waals surface area contributed by atoms with Gasteiger partial charge in [0, 0.05) is 16.6 Å². The summed E-state index contributed by atoms with van der Waals surface area (Å²) in [7, 11) is 0. The van der Waals surface area contributed by atoms with Crippen molar-refractivity contribution >= 4 is 33.2 Å². The Morgan fingerprint density at radius 3 is 2.00 bits per heavy atom. The third-order valence-corrected chi connectivity index (χ3v) is 6.06. The number of hydrogen-bond acceptors (Lipinski definition) is 2. The van der Waals surface area contributed by atoms with E-state index in [0.717, 1.165) is 18.2 Å². The number of nitrogens with zero attached hydrogens (tertiary/aromatic N) is 1. The van der Waals surface area contributed by atoms with Gasteiger partial charge in [0.1, 0.15) is 0 Å². The van der Waals surface area contributed by atoms with Gasteiger partial charge in [-0.25, -0.2) is 8.78 Å².